The zero-order valence-electron chi connectivity index (χ0n) is 14.2. The monoisotopic (exact) mass is 339 g/mol. The minimum absolute atomic E-state index is 0.0671. The molecule has 1 atom stereocenters. The number of rotatable bonds is 3. The fraction of sp³-hybridized carbons (Fsp3) is 0.350. The molecule has 1 unspecified atom stereocenters. The molecule has 3 heterocycles. The van der Waals surface area contributed by atoms with Gasteiger partial charge in [-0.2, -0.15) is 0 Å². The minimum atomic E-state index is -0.334. The van der Waals surface area contributed by atoms with Crippen molar-refractivity contribution in [1.82, 2.24) is 4.90 Å². The van der Waals surface area contributed by atoms with E-state index in [9.17, 15) is 4.79 Å². The van der Waals surface area contributed by atoms with Crippen LogP contribution in [0.3, 0.4) is 0 Å². The Kier molecular flexibility index (Phi) is 3.99. The molecule has 2 aliphatic heterocycles. The molecule has 1 fully saturated rings. The van der Waals surface area contributed by atoms with Crippen LogP contribution in [-0.2, 0) is 4.74 Å². The maximum atomic E-state index is 12.6. The highest BCUT2D eigenvalue weighted by molar-refractivity contribution is 5.91. The molecule has 1 spiro atoms. The molecule has 2 aliphatic rings. The molecule has 0 saturated carbocycles. The van der Waals surface area contributed by atoms with E-state index in [1.807, 2.05) is 29.4 Å². The number of nitrogens with zero attached hydrogens (tertiary/aromatic N) is 1. The summed E-state index contributed by atoms with van der Waals surface area (Å²) in [4.78, 5) is 14.4. The summed E-state index contributed by atoms with van der Waals surface area (Å²) in [5.41, 5.74) is 1.91. The average Bonchev–Trinajstić information content (AvgIpc) is 3.32. The molecule has 4 rings (SSSR count). The van der Waals surface area contributed by atoms with Gasteiger partial charge >= 0.3 is 0 Å². The summed E-state index contributed by atoms with van der Waals surface area (Å²) in [6, 6.07) is 11.4. The third-order valence-electron chi connectivity index (χ3n) is 4.96. The lowest BCUT2D eigenvalue weighted by molar-refractivity contribution is -0.0198. The summed E-state index contributed by atoms with van der Waals surface area (Å²) in [6.07, 6.45) is 6.03. The standard InChI is InChI=1S/C20H21NO4/c1-23-17-6-2-5-15(11-17)16-12-20(25-13-16)8-4-9-21(14-20)19(22)18-7-3-10-24-18/h2-3,5-7,10-11,13H,4,8-9,12,14H2,1H3. The van der Waals surface area contributed by atoms with Crippen LogP contribution >= 0.6 is 0 Å². The first kappa shape index (κ1) is 15.8. The predicted molar refractivity (Wildman–Crippen MR) is 93.2 cm³/mol. The number of furan rings is 1. The lowest BCUT2D eigenvalue weighted by atomic mass is 9.86. The predicted octanol–water partition coefficient (Wildman–Crippen LogP) is 3.72. The van der Waals surface area contributed by atoms with Crippen LogP contribution in [0.5, 0.6) is 5.75 Å². The number of carbonyl (C=O) groups is 1. The Morgan fingerprint density at radius 2 is 2.20 bits per heavy atom. The lowest BCUT2D eigenvalue weighted by Crippen LogP contribution is -2.50. The van der Waals surface area contributed by atoms with E-state index in [-0.39, 0.29) is 11.5 Å². The van der Waals surface area contributed by atoms with Crippen molar-refractivity contribution in [3.63, 3.8) is 0 Å². The summed E-state index contributed by atoms with van der Waals surface area (Å²) in [5, 5.41) is 0. The Morgan fingerprint density at radius 1 is 1.28 bits per heavy atom. The number of hydrogen-bond donors (Lipinski definition) is 0. The fourth-order valence-corrected chi connectivity index (χ4v) is 3.69. The smallest absolute Gasteiger partial charge is 0.289 e. The van der Waals surface area contributed by atoms with Gasteiger partial charge in [0, 0.05) is 13.0 Å². The second-order valence-corrected chi connectivity index (χ2v) is 6.66. The molecule has 0 bridgehead atoms. The second kappa shape index (κ2) is 6.31. The van der Waals surface area contributed by atoms with Crippen molar-refractivity contribution in [3.05, 3.63) is 60.2 Å². The summed E-state index contributed by atoms with van der Waals surface area (Å²) in [5.74, 6) is 1.15. The number of ether oxygens (including phenoxy) is 2. The fourth-order valence-electron chi connectivity index (χ4n) is 3.69. The maximum absolute atomic E-state index is 12.6. The van der Waals surface area contributed by atoms with Crippen LogP contribution in [0.2, 0.25) is 0 Å². The molecule has 1 aromatic heterocycles. The van der Waals surface area contributed by atoms with Crippen molar-refractivity contribution >= 4 is 11.5 Å². The zero-order valence-corrected chi connectivity index (χ0v) is 14.2. The third-order valence-corrected chi connectivity index (χ3v) is 4.96. The normalized spacial score (nSPS) is 22.6. The van der Waals surface area contributed by atoms with Gasteiger partial charge in [0.25, 0.3) is 5.91 Å². The number of benzene rings is 1. The first-order chi connectivity index (χ1) is 12.2. The van der Waals surface area contributed by atoms with Gasteiger partial charge in [0.2, 0.25) is 0 Å². The molecule has 130 valence electrons. The quantitative estimate of drug-likeness (QED) is 0.855. The SMILES string of the molecule is COc1cccc(C2=COC3(CCCN(C(=O)c4ccco4)C3)C2)c1. The Bertz CT molecular complexity index is 796. The molecular weight excluding hydrogens is 318 g/mol. The highest BCUT2D eigenvalue weighted by atomic mass is 16.5. The van der Waals surface area contributed by atoms with Crippen LogP contribution in [0.4, 0.5) is 0 Å². The van der Waals surface area contributed by atoms with E-state index in [4.69, 9.17) is 13.9 Å². The molecule has 5 heteroatoms. The van der Waals surface area contributed by atoms with E-state index in [2.05, 4.69) is 6.07 Å². The van der Waals surface area contributed by atoms with Crippen LogP contribution in [0, 0.1) is 0 Å². The van der Waals surface area contributed by atoms with Crippen LogP contribution < -0.4 is 4.74 Å². The zero-order chi connectivity index (χ0) is 17.3. The molecule has 1 aromatic carbocycles. The summed E-state index contributed by atoms with van der Waals surface area (Å²) < 4.78 is 16.7. The van der Waals surface area contributed by atoms with Gasteiger partial charge in [-0.3, -0.25) is 4.79 Å². The molecular formula is C20H21NO4. The molecule has 1 saturated heterocycles. The summed E-state index contributed by atoms with van der Waals surface area (Å²) >= 11 is 0. The van der Waals surface area contributed by atoms with Crippen LogP contribution in [0.1, 0.15) is 35.4 Å². The lowest BCUT2D eigenvalue weighted by Gasteiger charge is -2.39. The molecule has 25 heavy (non-hydrogen) atoms. The molecule has 1 amide bonds. The number of carbonyl (C=O) groups excluding carboxylic acids is 1. The number of amides is 1. The van der Waals surface area contributed by atoms with Crippen molar-refractivity contribution in [1.29, 1.82) is 0 Å². The molecule has 5 nitrogen and oxygen atoms in total. The van der Waals surface area contributed by atoms with Gasteiger partial charge in [0.1, 0.15) is 11.4 Å². The Balaban J connectivity index is 1.49. The Morgan fingerprint density at radius 3 is 3.00 bits per heavy atom. The third kappa shape index (κ3) is 3.02. The first-order valence-electron chi connectivity index (χ1n) is 8.53. The van der Waals surface area contributed by atoms with E-state index >= 15 is 0 Å². The van der Waals surface area contributed by atoms with Gasteiger partial charge in [0.15, 0.2) is 5.76 Å². The van der Waals surface area contributed by atoms with Gasteiger partial charge in [-0.1, -0.05) is 12.1 Å². The van der Waals surface area contributed by atoms with Crippen molar-refractivity contribution in [3.8, 4) is 5.75 Å². The van der Waals surface area contributed by atoms with Crippen molar-refractivity contribution in [2.45, 2.75) is 24.9 Å². The van der Waals surface area contributed by atoms with E-state index in [0.717, 1.165) is 42.7 Å². The number of methoxy groups -OCH3 is 1. The number of hydrogen-bond acceptors (Lipinski definition) is 4. The first-order valence-corrected chi connectivity index (χ1v) is 8.53. The highest BCUT2D eigenvalue weighted by Crippen LogP contribution is 2.41. The maximum Gasteiger partial charge on any atom is 0.289 e. The van der Waals surface area contributed by atoms with Crippen LogP contribution in [-0.4, -0.2) is 36.6 Å². The van der Waals surface area contributed by atoms with Gasteiger partial charge in [-0.15, -0.1) is 0 Å². The molecule has 2 aromatic rings. The Hall–Kier alpha value is -2.69. The number of piperidine rings is 1. The van der Waals surface area contributed by atoms with E-state index in [1.54, 1.807) is 19.2 Å². The molecule has 0 radical (unpaired) electrons. The average molecular weight is 339 g/mol. The molecule has 0 aliphatic carbocycles. The van der Waals surface area contributed by atoms with E-state index in [1.165, 1.54) is 6.26 Å². The van der Waals surface area contributed by atoms with E-state index < -0.39 is 0 Å². The van der Waals surface area contributed by atoms with Crippen molar-refractivity contribution in [2.75, 3.05) is 20.2 Å². The topological polar surface area (TPSA) is 51.9 Å². The van der Waals surface area contributed by atoms with Gasteiger partial charge in [0.05, 0.1) is 26.2 Å². The van der Waals surface area contributed by atoms with Gasteiger partial charge in [-0.25, -0.2) is 0 Å². The van der Waals surface area contributed by atoms with Gasteiger partial charge < -0.3 is 18.8 Å². The van der Waals surface area contributed by atoms with E-state index in [0.29, 0.717) is 12.3 Å². The number of likely N-dealkylation sites (tertiary alicyclic amines) is 1. The highest BCUT2D eigenvalue weighted by Gasteiger charge is 2.42. The second-order valence-electron chi connectivity index (χ2n) is 6.66. The summed E-state index contributed by atoms with van der Waals surface area (Å²) in [7, 11) is 1.67. The van der Waals surface area contributed by atoms with Gasteiger partial charge in [-0.05, 0) is 48.2 Å². The van der Waals surface area contributed by atoms with Crippen molar-refractivity contribution < 1.29 is 18.7 Å². The Labute approximate surface area is 146 Å². The van der Waals surface area contributed by atoms with Crippen molar-refractivity contribution in [2.24, 2.45) is 0 Å². The van der Waals surface area contributed by atoms with Crippen LogP contribution in [0.25, 0.3) is 5.57 Å². The molecule has 0 N–H and O–H groups in total. The largest absolute Gasteiger partial charge is 0.497 e. The summed E-state index contributed by atoms with van der Waals surface area (Å²) in [6.45, 7) is 1.32. The minimum Gasteiger partial charge on any atom is -0.497 e. The van der Waals surface area contributed by atoms with Crippen LogP contribution in [0.15, 0.2) is 53.3 Å².